The van der Waals surface area contributed by atoms with Crippen molar-refractivity contribution in [1.29, 1.82) is 0 Å². The Balaban J connectivity index is 1.87. The average Bonchev–Trinajstić information content (AvgIpc) is 2.80. The molecule has 2 rings (SSSR count). The zero-order valence-corrected chi connectivity index (χ0v) is 15.3. The van der Waals surface area contributed by atoms with Crippen molar-refractivity contribution < 1.29 is 18.1 Å². The Hall–Kier alpha value is -0.920. The molecular formula is C15H22BrN2O3S+. The summed E-state index contributed by atoms with van der Waals surface area (Å²) in [5.41, 5.74) is 1.17. The third kappa shape index (κ3) is 4.79. The van der Waals surface area contributed by atoms with Crippen LogP contribution in [0.15, 0.2) is 28.7 Å². The monoisotopic (exact) mass is 389 g/mol. The van der Waals surface area contributed by atoms with Crippen LogP contribution in [0.5, 0.6) is 0 Å². The fraction of sp³-hybridized carbons (Fsp3) is 0.533. The summed E-state index contributed by atoms with van der Waals surface area (Å²) in [7, 11) is 0.720. The second kappa shape index (κ2) is 7.10. The molecule has 1 heterocycles. The standard InChI is InChI=1S/C15H21BrN2O3S/c1-17(9-12-3-5-13(16)6-4-12)10-15(19)18(2)14-7-8-22(20,21)11-14/h3-6,14H,7-11H2,1-2H3/p+1/t14-/m1/s1. The number of nitrogens with one attached hydrogen (secondary N) is 1. The Morgan fingerprint density at radius 3 is 2.55 bits per heavy atom. The fourth-order valence-electron chi connectivity index (χ4n) is 2.68. The number of halogens is 1. The van der Waals surface area contributed by atoms with Gasteiger partial charge in [0.2, 0.25) is 0 Å². The molecule has 2 atom stereocenters. The van der Waals surface area contributed by atoms with Crippen LogP contribution in [0.2, 0.25) is 0 Å². The number of rotatable bonds is 5. The highest BCUT2D eigenvalue weighted by Crippen LogP contribution is 2.16. The highest BCUT2D eigenvalue weighted by molar-refractivity contribution is 9.10. The van der Waals surface area contributed by atoms with Gasteiger partial charge in [-0.25, -0.2) is 8.42 Å². The molecule has 0 aromatic heterocycles. The van der Waals surface area contributed by atoms with Crippen LogP contribution in [0.25, 0.3) is 0 Å². The van der Waals surface area contributed by atoms with E-state index < -0.39 is 9.84 Å². The first-order valence-electron chi connectivity index (χ1n) is 7.28. The molecule has 0 saturated carbocycles. The number of benzene rings is 1. The number of carbonyl (C=O) groups excluding carboxylic acids is 1. The van der Waals surface area contributed by atoms with Crippen molar-refractivity contribution in [2.45, 2.75) is 19.0 Å². The van der Waals surface area contributed by atoms with Crippen LogP contribution >= 0.6 is 15.9 Å². The zero-order valence-electron chi connectivity index (χ0n) is 12.9. The smallest absolute Gasteiger partial charge is 0.277 e. The van der Waals surface area contributed by atoms with Gasteiger partial charge in [-0.3, -0.25) is 4.79 Å². The largest absolute Gasteiger partial charge is 0.337 e. The molecule has 0 spiro atoms. The summed E-state index contributed by atoms with van der Waals surface area (Å²) >= 11 is 3.40. The van der Waals surface area contributed by atoms with Crippen LogP contribution in [0, 0.1) is 0 Å². The normalized spacial score (nSPS) is 21.5. The topological polar surface area (TPSA) is 58.9 Å². The second-order valence-electron chi connectivity index (χ2n) is 6.00. The Morgan fingerprint density at radius 1 is 1.36 bits per heavy atom. The summed E-state index contributed by atoms with van der Waals surface area (Å²) in [4.78, 5) is 15.0. The van der Waals surface area contributed by atoms with Crippen molar-refractivity contribution >= 4 is 31.7 Å². The SMILES string of the molecule is CN(C(=O)C[NH+](C)Cc1ccc(Br)cc1)[C@@H]1CCS(=O)(=O)C1. The van der Waals surface area contributed by atoms with Gasteiger partial charge in [-0.1, -0.05) is 28.1 Å². The van der Waals surface area contributed by atoms with E-state index in [1.807, 2.05) is 31.3 Å². The summed E-state index contributed by atoms with van der Waals surface area (Å²) in [6.45, 7) is 1.12. The van der Waals surface area contributed by atoms with Crippen molar-refractivity contribution in [3.8, 4) is 0 Å². The number of quaternary nitrogens is 1. The van der Waals surface area contributed by atoms with Crippen LogP contribution in [0.1, 0.15) is 12.0 Å². The molecule has 1 N–H and O–H groups in total. The first kappa shape index (κ1) is 17.4. The molecule has 1 saturated heterocycles. The lowest BCUT2D eigenvalue weighted by Crippen LogP contribution is -3.08. The number of amides is 1. The van der Waals surface area contributed by atoms with Gasteiger partial charge < -0.3 is 9.80 Å². The highest BCUT2D eigenvalue weighted by atomic mass is 79.9. The average molecular weight is 390 g/mol. The molecule has 22 heavy (non-hydrogen) atoms. The second-order valence-corrected chi connectivity index (χ2v) is 9.14. The lowest BCUT2D eigenvalue weighted by Gasteiger charge is -2.24. The van der Waals surface area contributed by atoms with E-state index in [0.29, 0.717) is 13.0 Å². The van der Waals surface area contributed by atoms with E-state index >= 15 is 0 Å². The van der Waals surface area contributed by atoms with E-state index in [1.54, 1.807) is 11.9 Å². The van der Waals surface area contributed by atoms with E-state index in [0.717, 1.165) is 15.9 Å². The predicted octanol–water partition coefficient (Wildman–Crippen LogP) is 0.109. The number of hydrogen-bond acceptors (Lipinski definition) is 3. The van der Waals surface area contributed by atoms with Crippen molar-refractivity contribution in [2.24, 2.45) is 0 Å². The first-order valence-corrected chi connectivity index (χ1v) is 9.90. The molecule has 1 fully saturated rings. The Morgan fingerprint density at radius 2 is 2.00 bits per heavy atom. The molecule has 1 amide bonds. The minimum Gasteiger partial charge on any atom is -0.337 e. The number of sulfone groups is 1. The van der Waals surface area contributed by atoms with Gasteiger partial charge in [0.25, 0.3) is 5.91 Å². The quantitative estimate of drug-likeness (QED) is 0.777. The van der Waals surface area contributed by atoms with Crippen molar-refractivity contribution in [2.75, 3.05) is 32.1 Å². The summed E-state index contributed by atoms with van der Waals surface area (Å²) in [5.74, 6) is 0.287. The van der Waals surface area contributed by atoms with E-state index in [-0.39, 0.29) is 23.5 Å². The Labute approximate surface area is 140 Å². The van der Waals surface area contributed by atoms with Crippen molar-refractivity contribution in [3.05, 3.63) is 34.3 Å². The minimum absolute atomic E-state index is 0.00304. The highest BCUT2D eigenvalue weighted by Gasteiger charge is 2.33. The van der Waals surface area contributed by atoms with Gasteiger partial charge in [0.1, 0.15) is 6.54 Å². The van der Waals surface area contributed by atoms with Gasteiger partial charge in [0.15, 0.2) is 16.4 Å². The summed E-state index contributed by atoms with van der Waals surface area (Å²) in [6, 6.07) is 7.87. The van der Waals surface area contributed by atoms with Crippen LogP contribution in [0.3, 0.4) is 0 Å². The lowest BCUT2D eigenvalue weighted by molar-refractivity contribution is -0.885. The molecule has 0 aliphatic carbocycles. The third-order valence-electron chi connectivity index (χ3n) is 4.02. The van der Waals surface area contributed by atoms with Gasteiger partial charge in [-0.2, -0.15) is 0 Å². The van der Waals surface area contributed by atoms with E-state index in [9.17, 15) is 13.2 Å². The van der Waals surface area contributed by atoms with Gasteiger partial charge in [0.05, 0.1) is 18.6 Å². The van der Waals surface area contributed by atoms with Gasteiger partial charge in [-0.15, -0.1) is 0 Å². The van der Waals surface area contributed by atoms with E-state index in [2.05, 4.69) is 15.9 Å². The molecule has 0 radical (unpaired) electrons. The van der Waals surface area contributed by atoms with Gasteiger partial charge >= 0.3 is 0 Å². The predicted molar refractivity (Wildman–Crippen MR) is 89.4 cm³/mol. The van der Waals surface area contributed by atoms with Crippen LogP contribution in [-0.2, 0) is 21.2 Å². The Bertz CT molecular complexity index is 631. The molecule has 1 unspecified atom stereocenters. The first-order chi connectivity index (χ1) is 10.3. The molecule has 5 nitrogen and oxygen atoms in total. The van der Waals surface area contributed by atoms with Crippen LogP contribution in [0.4, 0.5) is 0 Å². The number of likely N-dealkylation sites (N-methyl/N-ethyl adjacent to an activating group) is 2. The zero-order chi connectivity index (χ0) is 16.3. The van der Waals surface area contributed by atoms with Crippen LogP contribution in [-0.4, -0.2) is 57.4 Å². The summed E-state index contributed by atoms with van der Waals surface area (Å²) in [6.07, 6.45) is 0.552. The molecule has 1 aliphatic rings. The van der Waals surface area contributed by atoms with Gasteiger partial charge in [-0.05, 0) is 18.6 Å². The number of hydrogen-bond donors (Lipinski definition) is 1. The van der Waals surface area contributed by atoms with Gasteiger partial charge in [0, 0.05) is 23.1 Å². The molecule has 122 valence electrons. The summed E-state index contributed by atoms with van der Waals surface area (Å²) < 4.78 is 24.1. The van der Waals surface area contributed by atoms with E-state index in [4.69, 9.17) is 0 Å². The maximum Gasteiger partial charge on any atom is 0.277 e. The lowest BCUT2D eigenvalue weighted by atomic mass is 10.2. The Kier molecular flexibility index (Phi) is 5.63. The van der Waals surface area contributed by atoms with Crippen molar-refractivity contribution in [1.82, 2.24) is 4.90 Å². The molecule has 1 aliphatic heterocycles. The van der Waals surface area contributed by atoms with Crippen molar-refractivity contribution in [3.63, 3.8) is 0 Å². The molecule has 1 aromatic carbocycles. The molecule has 7 heteroatoms. The molecule has 0 bridgehead atoms. The number of carbonyl (C=O) groups is 1. The fourth-order valence-corrected chi connectivity index (χ4v) is 4.72. The minimum atomic E-state index is -2.96. The maximum absolute atomic E-state index is 12.3. The van der Waals surface area contributed by atoms with Crippen LogP contribution < -0.4 is 4.90 Å². The molecule has 1 aromatic rings. The third-order valence-corrected chi connectivity index (χ3v) is 6.30. The van der Waals surface area contributed by atoms with E-state index in [1.165, 1.54) is 5.56 Å². The molecular weight excluding hydrogens is 368 g/mol. The maximum atomic E-state index is 12.3. The summed E-state index contributed by atoms with van der Waals surface area (Å²) in [5, 5.41) is 0. The number of nitrogens with zero attached hydrogens (tertiary/aromatic N) is 1.